The molecule has 0 aromatic heterocycles. The van der Waals surface area contributed by atoms with E-state index >= 15 is 0 Å². The van der Waals surface area contributed by atoms with Gasteiger partial charge in [-0.25, -0.2) is 0 Å². The fourth-order valence-corrected chi connectivity index (χ4v) is 1.29. The molecule has 0 aliphatic heterocycles. The van der Waals surface area contributed by atoms with E-state index < -0.39 is 12.8 Å². The lowest BCUT2D eigenvalue weighted by molar-refractivity contribution is -0.173. The minimum Gasteiger partial charge on any atom is -0.372 e. The summed E-state index contributed by atoms with van der Waals surface area (Å²) in [4.78, 5) is 11.4. The van der Waals surface area contributed by atoms with Gasteiger partial charge >= 0.3 is 6.18 Å². The van der Waals surface area contributed by atoms with Gasteiger partial charge in [0.05, 0.1) is 0 Å². The van der Waals surface area contributed by atoms with Crippen molar-refractivity contribution in [2.75, 3.05) is 26.3 Å². The first-order valence-electron chi connectivity index (χ1n) is 6.26. The van der Waals surface area contributed by atoms with Crippen molar-refractivity contribution >= 4 is 5.91 Å². The van der Waals surface area contributed by atoms with Crippen LogP contribution in [0.4, 0.5) is 13.2 Å². The molecule has 0 fully saturated rings. The van der Waals surface area contributed by atoms with Gasteiger partial charge in [-0.1, -0.05) is 0 Å². The SMILES string of the molecule is CC(C)(C)NC(=O)CCNCCCOCC(F)(F)F. The number of alkyl halides is 3. The smallest absolute Gasteiger partial charge is 0.372 e. The molecule has 0 rings (SSSR count). The zero-order valence-corrected chi connectivity index (χ0v) is 11.7. The Morgan fingerprint density at radius 1 is 1.16 bits per heavy atom. The zero-order valence-electron chi connectivity index (χ0n) is 11.7. The molecule has 4 nitrogen and oxygen atoms in total. The highest BCUT2D eigenvalue weighted by Crippen LogP contribution is 2.14. The maximum Gasteiger partial charge on any atom is 0.411 e. The maximum atomic E-state index is 11.7. The van der Waals surface area contributed by atoms with Gasteiger partial charge in [-0.15, -0.1) is 0 Å². The van der Waals surface area contributed by atoms with Crippen molar-refractivity contribution in [2.24, 2.45) is 0 Å². The molecule has 0 saturated heterocycles. The van der Waals surface area contributed by atoms with Gasteiger partial charge in [-0.3, -0.25) is 4.79 Å². The van der Waals surface area contributed by atoms with Crippen molar-refractivity contribution in [3.05, 3.63) is 0 Å². The van der Waals surface area contributed by atoms with E-state index in [2.05, 4.69) is 15.4 Å². The normalized spacial score (nSPS) is 12.5. The molecule has 0 heterocycles. The highest BCUT2D eigenvalue weighted by atomic mass is 19.4. The average Bonchev–Trinajstić information content (AvgIpc) is 2.17. The Kier molecular flexibility index (Phi) is 8.01. The first-order chi connectivity index (χ1) is 8.60. The lowest BCUT2D eigenvalue weighted by Gasteiger charge is -2.20. The molecule has 0 atom stereocenters. The Balaban J connectivity index is 3.35. The van der Waals surface area contributed by atoms with Crippen LogP contribution in [0.1, 0.15) is 33.6 Å². The largest absolute Gasteiger partial charge is 0.411 e. The van der Waals surface area contributed by atoms with Gasteiger partial charge < -0.3 is 15.4 Å². The molecule has 19 heavy (non-hydrogen) atoms. The molecule has 0 aromatic carbocycles. The van der Waals surface area contributed by atoms with Gasteiger partial charge in [-0.2, -0.15) is 13.2 Å². The van der Waals surface area contributed by atoms with Crippen molar-refractivity contribution in [1.29, 1.82) is 0 Å². The Hall–Kier alpha value is -0.820. The average molecular weight is 284 g/mol. The van der Waals surface area contributed by atoms with Gasteiger partial charge in [0.25, 0.3) is 0 Å². The second-order valence-corrected chi connectivity index (χ2v) is 5.32. The molecule has 114 valence electrons. The molecule has 0 radical (unpaired) electrons. The van der Waals surface area contributed by atoms with Crippen LogP contribution in [0.5, 0.6) is 0 Å². The van der Waals surface area contributed by atoms with Crippen molar-refractivity contribution < 1.29 is 22.7 Å². The van der Waals surface area contributed by atoms with Crippen LogP contribution in [0, 0.1) is 0 Å². The number of hydrogen-bond acceptors (Lipinski definition) is 3. The number of nitrogens with one attached hydrogen (secondary N) is 2. The zero-order chi connectivity index (χ0) is 14.9. The molecule has 7 heteroatoms. The number of ether oxygens (including phenoxy) is 1. The summed E-state index contributed by atoms with van der Waals surface area (Å²) < 4.78 is 39.6. The van der Waals surface area contributed by atoms with Crippen molar-refractivity contribution in [3.8, 4) is 0 Å². The predicted octanol–water partition coefficient (Wildman–Crippen LogP) is 1.85. The van der Waals surface area contributed by atoms with E-state index in [1.807, 2.05) is 20.8 Å². The highest BCUT2D eigenvalue weighted by molar-refractivity contribution is 5.76. The summed E-state index contributed by atoms with van der Waals surface area (Å²) in [5.41, 5.74) is -0.248. The Labute approximate surface area is 112 Å². The first kappa shape index (κ1) is 18.2. The van der Waals surface area contributed by atoms with Crippen molar-refractivity contribution in [1.82, 2.24) is 10.6 Å². The van der Waals surface area contributed by atoms with E-state index in [1.165, 1.54) is 0 Å². The molecule has 0 saturated carbocycles. The Morgan fingerprint density at radius 3 is 2.32 bits per heavy atom. The lowest BCUT2D eigenvalue weighted by atomic mass is 10.1. The van der Waals surface area contributed by atoms with Crippen LogP contribution in [0.15, 0.2) is 0 Å². The molecular formula is C12H23F3N2O2. The molecule has 0 aliphatic rings. The highest BCUT2D eigenvalue weighted by Gasteiger charge is 2.27. The fourth-order valence-electron chi connectivity index (χ4n) is 1.29. The van der Waals surface area contributed by atoms with Crippen LogP contribution in [0.2, 0.25) is 0 Å². The van der Waals surface area contributed by atoms with Gasteiger partial charge in [-0.05, 0) is 33.7 Å². The molecule has 1 amide bonds. The summed E-state index contributed by atoms with van der Waals surface area (Å²) in [5.74, 6) is -0.0479. The van der Waals surface area contributed by atoms with E-state index in [9.17, 15) is 18.0 Å². The second-order valence-electron chi connectivity index (χ2n) is 5.32. The summed E-state index contributed by atoms with van der Waals surface area (Å²) in [7, 11) is 0. The van der Waals surface area contributed by atoms with Crippen LogP contribution in [-0.2, 0) is 9.53 Å². The van der Waals surface area contributed by atoms with E-state index in [0.29, 0.717) is 25.9 Å². The second kappa shape index (κ2) is 8.37. The number of carbonyl (C=O) groups is 1. The first-order valence-corrected chi connectivity index (χ1v) is 6.26. The molecular weight excluding hydrogens is 261 g/mol. The summed E-state index contributed by atoms with van der Waals surface area (Å²) in [6.45, 7) is 5.58. The molecule has 2 N–H and O–H groups in total. The number of rotatable bonds is 8. The van der Waals surface area contributed by atoms with Crippen LogP contribution >= 0.6 is 0 Å². The minimum atomic E-state index is -4.27. The third-order valence-corrected chi connectivity index (χ3v) is 1.95. The van der Waals surface area contributed by atoms with E-state index in [1.54, 1.807) is 0 Å². The molecule has 0 aliphatic carbocycles. The quantitative estimate of drug-likeness (QED) is 0.669. The monoisotopic (exact) mass is 284 g/mol. The number of hydrogen-bond donors (Lipinski definition) is 2. The topological polar surface area (TPSA) is 50.4 Å². The van der Waals surface area contributed by atoms with Gasteiger partial charge in [0.2, 0.25) is 5.91 Å². The van der Waals surface area contributed by atoms with Crippen molar-refractivity contribution in [2.45, 2.75) is 45.3 Å². The van der Waals surface area contributed by atoms with Crippen LogP contribution in [-0.4, -0.2) is 43.9 Å². The molecule has 0 spiro atoms. The molecule has 0 unspecified atom stereocenters. The van der Waals surface area contributed by atoms with E-state index in [-0.39, 0.29) is 18.1 Å². The lowest BCUT2D eigenvalue weighted by Crippen LogP contribution is -2.41. The van der Waals surface area contributed by atoms with Gasteiger partial charge in [0.1, 0.15) is 6.61 Å². The van der Waals surface area contributed by atoms with Gasteiger partial charge in [0, 0.05) is 25.1 Å². The maximum absolute atomic E-state index is 11.7. The van der Waals surface area contributed by atoms with E-state index in [0.717, 1.165) is 0 Å². The fraction of sp³-hybridized carbons (Fsp3) is 0.917. The molecule has 0 aromatic rings. The van der Waals surface area contributed by atoms with Gasteiger partial charge in [0.15, 0.2) is 0 Å². The Bertz CT molecular complexity index is 263. The van der Waals surface area contributed by atoms with Crippen LogP contribution in [0.25, 0.3) is 0 Å². The predicted molar refractivity (Wildman–Crippen MR) is 66.9 cm³/mol. The summed E-state index contributed by atoms with van der Waals surface area (Å²) in [5, 5.41) is 5.80. The van der Waals surface area contributed by atoms with E-state index in [4.69, 9.17) is 0 Å². The molecule has 0 bridgehead atoms. The third kappa shape index (κ3) is 15.1. The Morgan fingerprint density at radius 2 is 1.79 bits per heavy atom. The minimum absolute atomic E-state index is 0.0479. The van der Waals surface area contributed by atoms with Crippen LogP contribution < -0.4 is 10.6 Å². The summed E-state index contributed by atoms with van der Waals surface area (Å²) in [6.07, 6.45) is -3.43. The number of carbonyl (C=O) groups excluding carboxylic acids is 1. The standard InChI is InChI=1S/C12H23F3N2O2/c1-11(2,3)17-10(18)5-7-16-6-4-8-19-9-12(13,14)15/h16H,4-9H2,1-3H3,(H,17,18). The number of amides is 1. The third-order valence-electron chi connectivity index (χ3n) is 1.95. The summed E-state index contributed by atoms with van der Waals surface area (Å²) in [6, 6.07) is 0. The van der Waals surface area contributed by atoms with Crippen LogP contribution in [0.3, 0.4) is 0 Å². The summed E-state index contributed by atoms with van der Waals surface area (Å²) >= 11 is 0. The number of halogens is 3. The van der Waals surface area contributed by atoms with Crippen molar-refractivity contribution in [3.63, 3.8) is 0 Å².